The molecule has 4 unspecified atom stereocenters. The van der Waals surface area contributed by atoms with E-state index in [1.54, 1.807) is 0 Å². The Morgan fingerprint density at radius 3 is 0.938 bits per heavy atom. The molecule has 0 fully saturated rings. The maximum absolute atomic E-state index is 11.3. The van der Waals surface area contributed by atoms with E-state index >= 15 is 0 Å². The molecular weight excluding hydrogens is 946 g/mol. The standard InChI is InChI=1S/2C27H44O5.Ba/c2*1-3-4-5-14-19-25(32-23(2)28)20-15-9-7-6-8-10-16-21-26(27(29)30)31-22-24-17-12-11-13-18-24;/h2*11-13,17-18,25-26H,3-10,14-16,19-22H2,1-2H3,(H,29,30);/q;;+2/p-2. The molecule has 0 saturated carbocycles. The van der Waals surface area contributed by atoms with Crippen LogP contribution in [0.1, 0.15) is 219 Å². The summed E-state index contributed by atoms with van der Waals surface area (Å²) in [4.78, 5) is 45.2. The molecule has 0 aromatic heterocycles. The summed E-state index contributed by atoms with van der Waals surface area (Å²) < 4.78 is 22.0. The van der Waals surface area contributed by atoms with Crippen molar-refractivity contribution < 1.29 is 48.3 Å². The van der Waals surface area contributed by atoms with E-state index < -0.39 is 24.1 Å². The summed E-state index contributed by atoms with van der Waals surface area (Å²) in [6.45, 7) is 7.99. The zero-order chi connectivity index (χ0) is 46.9. The molecule has 10 nitrogen and oxygen atoms in total. The molecule has 11 heteroatoms. The first-order valence-electron chi connectivity index (χ1n) is 25.1. The van der Waals surface area contributed by atoms with E-state index in [2.05, 4.69) is 13.8 Å². The van der Waals surface area contributed by atoms with Crippen LogP contribution in [0, 0.1) is 0 Å². The molecule has 2 aromatic rings. The van der Waals surface area contributed by atoms with Crippen LogP contribution in [0.4, 0.5) is 0 Å². The number of benzene rings is 2. The van der Waals surface area contributed by atoms with Crippen LogP contribution in [0.25, 0.3) is 0 Å². The largest absolute Gasteiger partial charge is 2.00 e. The molecule has 0 bridgehead atoms. The van der Waals surface area contributed by atoms with Crippen LogP contribution < -0.4 is 10.2 Å². The summed E-state index contributed by atoms with van der Waals surface area (Å²) >= 11 is 0. The Labute approximate surface area is 434 Å². The number of aliphatic carboxylic acids is 2. The molecule has 0 N–H and O–H groups in total. The van der Waals surface area contributed by atoms with Crippen LogP contribution in [-0.4, -0.2) is 97.2 Å². The Bertz CT molecular complexity index is 1320. The number of carbonyl (C=O) groups is 4. The predicted molar refractivity (Wildman–Crippen MR) is 258 cm³/mol. The summed E-state index contributed by atoms with van der Waals surface area (Å²) in [6.07, 6.45) is 27.9. The van der Waals surface area contributed by atoms with E-state index in [1.165, 1.54) is 52.4 Å². The van der Waals surface area contributed by atoms with Gasteiger partial charge in [-0.3, -0.25) is 9.59 Å². The first kappa shape index (κ1) is 62.8. The first-order chi connectivity index (χ1) is 31.0. The van der Waals surface area contributed by atoms with Gasteiger partial charge in [0.15, 0.2) is 0 Å². The SMILES string of the molecule is CCCCCCC(CCCCCCCCCC(OCc1ccccc1)C(=O)[O-])OC(C)=O.CCCCCCC(CCCCCCCCCC(OCc1ccccc1)C(=O)[O-])OC(C)=O.[Ba+2]. The molecule has 0 heterocycles. The normalized spacial score (nSPS) is 12.7. The minimum Gasteiger partial charge on any atom is -0.547 e. The van der Waals surface area contributed by atoms with Crippen molar-refractivity contribution in [3.8, 4) is 0 Å². The van der Waals surface area contributed by atoms with Gasteiger partial charge < -0.3 is 38.7 Å². The maximum atomic E-state index is 11.3. The molecule has 2 aromatic carbocycles. The predicted octanol–water partition coefficient (Wildman–Crippen LogP) is 11.1. The van der Waals surface area contributed by atoms with Gasteiger partial charge in [-0.05, 0) is 75.3 Å². The third kappa shape index (κ3) is 38.5. The van der Waals surface area contributed by atoms with Crippen molar-refractivity contribution in [2.45, 2.75) is 245 Å². The Balaban J connectivity index is 0.00000124. The summed E-state index contributed by atoms with van der Waals surface area (Å²) in [6, 6.07) is 19.2. The molecule has 0 radical (unpaired) electrons. The number of rotatable bonds is 40. The van der Waals surface area contributed by atoms with Crippen molar-refractivity contribution in [1.82, 2.24) is 0 Å². The van der Waals surface area contributed by atoms with Gasteiger partial charge in [-0.2, -0.15) is 0 Å². The Kier molecular flexibility index (Phi) is 42.8. The Hall–Kier alpha value is -2.19. The summed E-state index contributed by atoms with van der Waals surface area (Å²) in [5, 5.41) is 22.6. The zero-order valence-corrected chi connectivity index (χ0v) is 45.5. The quantitative estimate of drug-likeness (QED) is 0.0358. The van der Waals surface area contributed by atoms with Crippen molar-refractivity contribution in [1.29, 1.82) is 0 Å². The van der Waals surface area contributed by atoms with Crippen molar-refractivity contribution in [2.24, 2.45) is 0 Å². The third-order valence-electron chi connectivity index (χ3n) is 11.5. The van der Waals surface area contributed by atoms with Crippen molar-refractivity contribution in [2.75, 3.05) is 0 Å². The number of ether oxygens (including phenoxy) is 4. The fourth-order valence-corrected chi connectivity index (χ4v) is 7.84. The topological polar surface area (TPSA) is 151 Å². The second-order valence-electron chi connectivity index (χ2n) is 17.5. The number of carbonyl (C=O) groups excluding carboxylic acids is 4. The van der Waals surface area contributed by atoms with Crippen LogP contribution in [0.5, 0.6) is 0 Å². The van der Waals surface area contributed by atoms with Crippen LogP contribution in [0.3, 0.4) is 0 Å². The van der Waals surface area contributed by atoms with Crippen LogP contribution in [0.2, 0.25) is 0 Å². The number of hydrogen-bond donors (Lipinski definition) is 0. The minimum absolute atomic E-state index is 0. The fourth-order valence-electron chi connectivity index (χ4n) is 7.84. The average molecular weight is 1030 g/mol. The molecule has 0 spiro atoms. The number of carboxylic acid groups (broad SMARTS) is 2. The molecule has 364 valence electrons. The van der Waals surface area contributed by atoms with E-state index in [0.717, 1.165) is 140 Å². The maximum Gasteiger partial charge on any atom is 2.00 e. The van der Waals surface area contributed by atoms with Crippen molar-refractivity contribution in [3.63, 3.8) is 0 Å². The van der Waals surface area contributed by atoms with Crippen molar-refractivity contribution >= 4 is 72.8 Å². The fraction of sp³-hybridized carbons (Fsp3) is 0.704. The summed E-state index contributed by atoms with van der Waals surface area (Å²) in [5.74, 6) is -2.60. The summed E-state index contributed by atoms with van der Waals surface area (Å²) in [5.41, 5.74) is 1.94. The summed E-state index contributed by atoms with van der Waals surface area (Å²) in [7, 11) is 0. The van der Waals surface area contributed by atoms with Gasteiger partial charge in [0.2, 0.25) is 0 Å². The Morgan fingerprint density at radius 2 is 0.677 bits per heavy atom. The molecule has 0 saturated heterocycles. The zero-order valence-electron chi connectivity index (χ0n) is 41.1. The van der Waals surface area contributed by atoms with Gasteiger partial charge >= 0.3 is 60.8 Å². The number of carboxylic acids is 2. The van der Waals surface area contributed by atoms with Gasteiger partial charge in [-0.25, -0.2) is 0 Å². The van der Waals surface area contributed by atoms with Crippen LogP contribution >= 0.6 is 0 Å². The first-order valence-corrected chi connectivity index (χ1v) is 25.1. The van der Waals surface area contributed by atoms with Gasteiger partial charge in [-0.15, -0.1) is 0 Å². The molecule has 0 aliphatic heterocycles. The Morgan fingerprint density at radius 1 is 0.415 bits per heavy atom. The molecule has 65 heavy (non-hydrogen) atoms. The average Bonchev–Trinajstić information content (AvgIpc) is 3.27. The van der Waals surface area contributed by atoms with Crippen LogP contribution in [0.15, 0.2) is 60.7 Å². The van der Waals surface area contributed by atoms with Gasteiger partial charge in [0.05, 0.1) is 37.4 Å². The molecule has 4 atom stereocenters. The molecular formula is C54H86BaO10. The molecule has 0 aliphatic rings. The van der Waals surface area contributed by atoms with Gasteiger partial charge in [0.25, 0.3) is 0 Å². The molecule has 0 aliphatic carbocycles. The number of unbranched alkanes of at least 4 members (excludes halogenated alkanes) is 18. The van der Waals surface area contributed by atoms with Crippen LogP contribution in [-0.2, 0) is 51.3 Å². The minimum atomic E-state index is -1.13. The monoisotopic (exact) mass is 1030 g/mol. The third-order valence-corrected chi connectivity index (χ3v) is 11.5. The van der Waals surface area contributed by atoms with Crippen molar-refractivity contribution in [3.05, 3.63) is 71.8 Å². The molecule has 2 rings (SSSR count). The smallest absolute Gasteiger partial charge is 0.547 e. The van der Waals surface area contributed by atoms with E-state index in [0.29, 0.717) is 26.1 Å². The van der Waals surface area contributed by atoms with E-state index in [9.17, 15) is 29.4 Å². The second kappa shape index (κ2) is 44.3. The second-order valence-corrected chi connectivity index (χ2v) is 17.5. The molecule has 0 amide bonds. The van der Waals surface area contributed by atoms with Gasteiger partial charge in [0, 0.05) is 13.8 Å². The van der Waals surface area contributed by atoms with E-state index in [4.69, 9.17) is 18.9 Å². The number of hydrogen-bond acceptors (Lipinski definition) is 10. The van der Waals surface area contributed by atoms with Gasteiger partial charge in [0.1, 0.15) is 12.2 Å². The van der Waals surface area contributed by atoms with Gasteiger partial charge in [-0.1, -0.05) is 190 Å². The van der Waals surface area contributed by atoms with E-state index in [1.807, 2.05) is 60.7 Å². The van der Waals surface area contributed by atoms with E-state index in [-0.39, 0.29) is 73.0 Å². The number of esters is 2.